The molecule has 0 unspecified atom stereocenters. The molecule has 0 spiro atoms. The normalized spacial score (nSPS) is 17.3. The van der Waals surface area contributed by atoms with E-state index in [0.717, 1.165) is 22.8 Å². The number of aromatic nitrogens is 3. The minimum Gasteiger partial charge on any atom is -0.493 e. The van der Waals surface area contributed by atoms with Crippen molar-refractivity contribution in [2.24, 2.45) is 0 Å². The van der Waals surface area contributed by atoms with Crippen molar-refractivity contribution in [3.63, 3.8) is 0 Å². The molecule has 2 aromatic carbocycles. The van der Waals surface area contributed by atoms with Gasteiger partial charge in [-0.15, -0.1) is 10.2 Å². The van der Waals surface area contributed by atoms with Gasteiger partial charge in [-0.3, -0.25) is 9.36 Å². The highest BCUT2D eigenvalue weighted by molar-refractivity contribution is 5.70. The van der Waals surface area contributed by atoms with Crippen LogP contribution in [-0.2, 0) is 26.4 Å². The van der Waals surface area contributed by atoms with Crippen molar-refractivity contribution in [3.05, 3.63) is 64.7 Å². The zero-order valence-electron chi connectivity index (χ0n) is 20.8. The molecular formula is C25H24F5N3O5. The van der Waals surface area contributed by atoms with Gasteiger partial charge in [-0.1, -0.05) is 12.1 Å². The van der Waals surface area contributed by atoms with Gasteiger partial charge in [-0.25, -0.2) is 0 Å². The number of halogens is 5. The topological polar surface area (TPSA) is 84.7 Å². The first-order valence-electron chi connectivity index (χ1n) is 11.5. The SMILES string of the molecule is CCOC(=O)C[C@H]1O[C@H](c2cccc(OC)c2OC)c2cc(C(F)(F)F)ccc2-n2c1nnc2C(C)(F)F. The van der Waals surface area contributed by atoms with E-state index in [9.17, 15) is 26.7 Å². The Bertz CT molecular complexity index is 1340. The third kappa shape index (κ3) is 5.02. The summed E-state index contributed by atoms with van der Waals surface area (Å²) >= 11 is 0. The van der Waals surface area contributed by atoms with E-state index in [-0.39, 0.29) is 40.7 Å². The van der Waals surface area contributed by atoms with E-state index >= 15 is 0 Å². The fourth-order valence-corrected chi connectivity index (χ4v) is 4.34. The molecule has 0 N–H and O–H groups in total. The van der Waals surface area contributed by atoms with Crippen LogP contribution >= 0.6 is 0 Å². The lowest BCUT2D eigenvalue weighted by Gasteiger charge is -2.25. The number of rotatable bonds is 7. The molecule has 1 aliphatic heterocycles. The van der Waals surface area contributed by atoms with E-state index in [1.165, 1.54) is 14.2 Å². The molecule has 2 heterocycles. The summed E-state index contributed by atoms with van der Waals surface area (Å²) < 4.78 is 93.7. The Balaban J connectivity index is 2.05. The minimum atomic E-state index is -4.75. The Labute approximate surface area is 214 Å². The number of para-hydroxylation sites is 1. The van der Waals surface area contributed by atoms with Crippen LogP contribution in [0.2, 0.25) is 0 Å². The average molecular weight is 541 g/mol. The second-order valence-electron chi connectivity index (χ2n) is 8.47. The van der Waals surface area contributed by atoms with Gasteiger partial charge in [0, 0.05) is 18.1 Å². The fourth-order valence-electron chi connectivity index (χ4n) is 4.34. The van der Waals surface area contributed by atoms with Gasteiger partial charge in [0.05, 0.1) is 38.5 Å². The van der Waals surface area contributed by atoms with Crippen LogP contribution in [0.25, 0.3) is 5.69 Å². The molecule has 38 heavy (non-hydrogen) atoms. The summed E-state index contributed by atoms with van der Waals surface area (Å²) in [5, 5.41) is 7.48. The maximum absolute atomic E-state index is 14.6. The highest BCUT2D eigenvalue weighted by atomic mass is 19.4. The molecule has 3 aromatic rings. The monoisotopic (exact) mass is 541 g/mol. The third-order valence-electron chi connectivity index (χ3n) is 5.92. The zero-order chi connectivity index (χ0) is 27.8. The first-order chi connectivity index (χ1) is 17.9. The summed E-state index contributed by atoms with van der Waals surface area (Å²) in [5.41, 5.74) is -0.986. The minimum absolute atomic E-state index is 0.0405. The van der Waals surface area contributed by atoms with Crippen LogP contribution in [0.1, 0.15) is 60.8 Å². The molecule has 0 bridgehead atoms. The van der Waals surface area contributed by atoms with Crippen LogP contribution in [0.5, 0.6) is 11.5 Å². The second-order valence-corrected chi connectivity index (χ2v) is 8.47. The number of carbonyl (C=O) groups excluding carboxylic acids is 1. The second kappa shape index (κ2) is 10.2. The number of nitrogens with zero attached hydrogens (tertiary/aromatic N) is 3. The fraction of sp³-hybridized carbons (Fsp3) is 0.400. The van der Waals surface area contributed by atoms with Crippen molar-refractivity contribution < 1.29 is 45.7 Å². The maximum Gasteiger partial charge on any atom is 0.416 e. The van der Waals surface area contributed by atoms with Gasteiger partial charge in [0.15, 0.2) is 17.3 Å². The number of alkyl halides is 5. The van der Waals surface area contributed by atoms with Gasteiger partial charge in [-0.2, -0.15) is 22.0 Å². The van der Waals surface area contributed by atoms with Crippen LogP contribution in [0.3, 0.4) is 0 Å². The third-order valence-corrected chi connectivity index (χ3v) is 5.92. The maximum atomic E-state index is 14.6. The highest BCUT2D eigenvalue weighted by Gasteiger charge is 2.42. The molecule has 204 valence electrons. The molecule has 1 aliphatic rings. The van der Waals surface area contributed by atoms with Crippen LogP contribution in [-0.4, -0.2) is 41.6 Å². The molecule has 0 amide bonds. The number of ether oxygens (including phenoxy) is 4. The molecule has 13 heteroatoms. The zero-order valence-corrected chi connectivity index (χ0v) is 20.8. The van der Waals surface area contributed by atoms with Crippen LogP contribution in [0, 0.1) is 0 Å². The van der Waals surface area contributed by atoms with Crippen molar-refractivity contribution in [1.82, 2.24) is 14.8 Å². The number of fused-ring (bicyclic) bond motifs is 3. The molecule has 4 rings (SSSR count). The largest absolute Gasteiger partial charge is 0.493 e. The Morgan fingerprint density at radius 1 is 1.05 bits per heavy atom. The first kappa shape index (κ1) is 27.3. The van der Waals surface area contributed by atoms with E-state index in [1.54, 1.807) is 25.1 Å². The molecule has 0 radical (unpaired) electrons. The molecular weight excluding hydrogens is 517 g/mol. The molecule has 2 atom stereocenters. The Hall–Kier alpha value is -3.74. The summed E-state index contributed by atoms with van der Waals surface area (Å²) in [7, 11) is 2.72. The van der Waals surface area contributed by atoms with Crippen molar-refractivity contribution in [1.29, 1.82) is 0 Å². The standard InChI is InChI=1S/C25H24F5N3O5/c1-5-37-19(34)12-18-22-31-32-23(24(2,26)27)33(22)16-10-9-13(25(28,29)30)11-15(16)20(38-18)14-7-6-8-17(35-3)21(14)36-4/h6-11,18,20H,5,12H2,1-4H3/t18-,20-/m1/s1. The number of benzene rings is 2. The van der Waals surface area contributed by atoms with Crippen molar-refractivity contribution in [2.45, 2.75) is 44.6 Å². The van der Waals surface area contributed by atoms with E-state index in [4.69, 9.17) is 18.9 Å². The van der Waals surface area contributed by atoms with Crippen molar-refractivity contribution >= 4 is 5.97 Å². The highest BCUT2D eigenvalue weighted by Crippen LogP contribution is 2.47. The molecule has 1 aromatic heterocycles. The number of esters is 1. The quantitative estimate of drug-likeness (QED) is 0.287. The first-order valence-corrected chi connectivity index (χ1v) is 11.5. The van der Waals surface area contributed by atoms with Crippen LogP contribution in [0.4, 0.5) is 22.0 Å². The van der Waals surface area contributed by atoms with E-state index < -0.39 is 48.1 Å². The van der Waals surface area contributed by atoms with Gasteiger partial charge in [0.2, 0.25) is 5.82 Å². The van der Waals surface area contributed by atoms with Gasteiger partial charge >= 0.3 is 18.1 Å². The predicted molar refractivity (Wildman–Crippen MR) is 122 cm³/mol. The van der Waals surface area contributed by atoms with E-state index in [2.05, 4.69) is 10.2 Å². The number of hydrogen-bond donors (Lipinski definition) is 0. The lowest BCUT2D eigenvalue weighted by atomic mass is 9.96. The molecule has 0 saturated carbocycles. The molecule has 0 aliphatic carbocycles. The molecule has 0 saturated heterocycles. The van der Waals surface area contributed by atoms with Gasteiger partial charge in [0.25, 0.3) is 0 Å². The number of carbonyl (C=O) groups is 1. The van der Waals surface area contributed by atoms with Crippen LogP contribution < -0.4 is 9.47 Å². The van der Waals surface area contributed by atoms with Crippen molar-refractivity contribution in [3.8, 4) is 17.2 Å². The number of hydrogen-bond acceptors (Lipinski definition) is 7. The number of methoxy groups -OCH3 is 2. The summed E-state index contributed by atoms with van der Waals surface area (Å²) in [6.45, 7) is 2.21. The summed E-state index contributed by atoms with van der Waals surface area (Å²) in [5.74, 6) is -4.88. The smallest absolute Gasteiger partial charge is 0.416 e. The molecule has 8 nitrogen and oxygen atoms in total. The lowest BCUT2D eigenvalue weighted by Crippen LogP contribution is -2.19. The van der Waals surface area contributed by atoms with Gasteiger partial charge < -0.3 is 18.9 Å². The Morgan fingerprint density at radius 2 is 1.79 bits per heavy atom. The van der Waals surface area contributed by atoms with Gasteiger partial charge in [-0.05, 0) is 31.2 Å². The Morgan fingerprint density at radius 3 is 2.39 bits per heavy atom. The van der Waals surface area contributed by atoms with Crippen molar-refractivity contribution in [2.75, 3.05) is 20.8 Å². The lowest BCUT2D eigenvalue weighted by molar-refractivity contribution is -0.147. The molecule has 0 fully saturated rings. The average Bonchev–Trinajstić information content (AvgIpc) is 3.26. The Kier molecular flexibility index (Phi) is 7.33. The van der Waals surface area contributed by atoms with E-state index in [0.29, 0.717) is 6.92 Å². The predicted octanol–water partition coefficient (Wildman–Crippen LogP) is 5.53. The summed E-state index contributed by atoms with van der Waals surface area (Å²) in [6, 6.07) is 7.32. The van der Waals surface area contributed by atoms with Gasteiger partial charge in [0.1, 0.15) is 12.2 Å². The summed E-state index contributed by atoms with van der Waals surface area (Å²) in [6.07, 6.45) is -7.86. The van der Waals surface area contributed by atoms with E-state index in [1.807, 2.05) is 0 Å². The summed E-state index contributed by atoms with van der Waals surface area (Å²) in [4.78, 5) is 12.5. The van der Waals surface area contributed by atoms with Crippen LogP contribution in [0.15, 0.2) is 36.4 Å².